The Hall–Kier alpha value is -5.65. The third-order valence-corrected chi connectivity index (χ3v) is 13.8. The first-order chi connectivity index (χ1) is 28.8. The first-order valence-electron chi connectivity index (χ1n) is 20.6. The first kappa shape index (κ1) is 39.8. The van der Waals surface area contributed by atoms with E-state index in [2.05, 4.69) is 227 Å². The smallest absolute Gasteiger partial charge is 0.0887 e. The summed E-state index contributed by atoms with van der Waals surface area (Å²) in [5, 5.41) is 7.75. The Morgan fingerprint density at radius 2 is 0.833 bits per heavy atom. The van der Waals surface area contributed by atoms with Crippen molar-refractivity contribution in [3.8, 4) is 22.3 Å². The van der Waals surface area contributed by atoms with Gasteiger partial charge < -0.3 is 9.80 Å². The van der Waals surface area contributed by atoms with E-state index in [0.29, 0.717) is 5.02 Å². The molecule has 9 aromatic rings. The standard InChI is InChI=1S/C55H49ClN2S2/c1-36-30-49(57(41-26-22-39(23-27-41)54(2,3)4)42-28-24-40(25-29-42)55(5,6)7)53(56)50(31-36)58(43-16-12-14-37(32-43)47-34-59-51-20-10-8-18-45(47)51)44-17-13-15-38(33-44)48-35-60-52-21-11-9-19-46(48)52/h8-35H,1-7H3. The molecule has 0 atom stereocenters. The molecule has 298 valence electrons. The van der Waals surface area contributed by atoms with Gasteiger partial charge in [0.15, 0.2) is 0 Å². The number of hydrogen-bond donors (Lipinski definition) is 0. The zero-order valence-corrected chi connectivity index (χ0v) is 37.6. The lowest BCUT2D eigenvalue weighted by Crippen LogP contribution is -2.16. The van der Waals surface area contributed by atoms with Gasteiger partial charge in [-0.1, -0.05) is 138 Å². The highest BCUT2D eigenvalue weighted by atomic mass is 35.5. The first-order valence-corrected chi connectivity index (χ1v) is 22.7. The van der Waals surface area contributed by atoms with Crippen LogP contribution in [-0.2, 0) is 10.8 Å². The number of aryl methyl sites for hydroxylation is 1. The van der Waals surface area contributed by atoms with Crippen molar-refractivity contribution in [1.29, 1.82) is 0 Å². The molecule has 0 aliphatic rings. The Bertz CT molecular complexity index is 2800. The second-order valence-corrected chi connectivity index (χ2v) is 20.0. The second kappa shape index (κ2) is 15.7. The molecular weight excluding hydrogens is 788 g/mol. The van der Waals surface area contributed by atoms with E-state index in [1.165, 1.54) is 53.6 Å². The number of benzene rings is 7. The minimum Gasteiger partial charge on any atom is -0.309 e. The van der Waals surface area contributed by atoms with Crippen molar-refractivity contribution in [2.45, 2.75) is 59.3 Å². The lowest BCUT2D eigenvalue weighted by atomic mass is 9.86. The molecular formula is C55H49ClN2S2. The highest BCUT2D eigenvalue weighted by molar-refractivity contribution is 7.18. The van der Waals surface area contributed by atoms with Gasteiger partial charge in [0.2, 0.25) is 0 Å². The molecule has 2 nitrogen and oxygen atoms in total. The average Bonchev–Trinajstić information content (AvgIpc) is 3.88. The van der Waals surface area contributed by atoms with Crippen molar-refractivity contribution in [3.05, 3.63) is 190 Å². The molecule has 0 bridgehead atoms. The van der Waals surface area contributed by atoms with E-state index < -0.39 is 0 Å². The summed E-state index contributed by atoms with van der Waals surface area (Å²) in [7, 11) is 0. The summed E-state index contributed by atoms with van der Waals surface area (Å²) in [6.07, 6.45) is 0. The summed E-state index contributed by atoms with van der Waals surface area (Å²) in [6.45, 7) is 15.7. The van der Waals surface area contributed by atoms with Crippen LogP contribution in [0.4, 0.5) is 34.1 Å². The van der Waals surface area contributed by atoms with E-state index in [9.17, 15) is 0 Å². The molecule has 60 heavy (non-hydrogen) atoms. The van der Waals surface area contributed by atoms with E-state index in [4.69, 9.17) is 11.6 Å². The van der Waals surface area contributed by atoms with Crippen molar-refractivity contribution < 1.29 is 0 Å². The molecule has 0 radical (unpaired) electrons. The highest BCUT2D eigenvalue weighted by Gasteiger charge is 2.25. The number of nitrogens with zero attached hydrogens (tertiary/aromatic N) is 2. The molecule has 0 fully saturated rings. The lowest BCUT2D eigenvalue weighted by molar-refractivity contribution is 0.590. The van der Waals surface area contributed by atoms with Crippen LogP contribution in [0.2, 0.25) is 5.02 Å². The normalized spacial score (nSPS) is 12.0. The van der Waals surface area contributed by atoms with Crippen molar-refractivity contribution in [3.63, 3.8) is 0 Å². The molecule has 0 aliphatic heterocycles. The van der Waals surface area contributed by atoms with Gasteiger partial charge in [-0.2, -0.15) is 0 Å². The summed E-state index contributed by atoms with van der Waals surface area (Å²) in [6, 6.07) is 57.5. The SMILES string of the molecule is Cc1cc(N(c2ccc(C(C)(C)C)cc2)c2ccc(C(C)(C)C)cc2)c(Cl)c(N(c2cccc(-c3csc4ccccc34)c2)c2cccc(-c3csc4ccccc34)c2)c1. The van der Waals surface area contributed by atoms with E-state index in [1.807, 2.05) is 0 Å². The molecule has 0 saturated heterocycles. The molecule has 0 N–H and O–H groups in total. The number of fused-ring (bicyclic) bond motifs is 2. The molecule has 0 amide bonds. The Balaban J connectivity index is 1.26. The largest absolute Gasteiger partial charge is 0.309 e. The van der Waals surface area contributed by atoms with Gasteiger partial charge >= 0.3 is 0 Å². The zero-order chi connectivity index (χ0) is 41.8. The second-order valence-electron chi connectivity index (χ2n) is 17.8. The number of rotatable bonds is 8. The Labute approximate surface area is 368 Å². The van der Waals surface area contributed by atoms with E-state index in [0.717, 1.165) is 39.7 Å². The predicted octanol–water partition coefficient (Wildman–Crippen LogP) is 17.9. The van der Waals surface area contributed by atoms with Crippen molar-refractivity contribution in [2.24, 2.45) is 0 Å². The van der Waals surface area contributed by atoms with Gasteiger partial charge in [-0.25, -0.2) is 0 Å². The van der Waals surface area contributed by atoms with Crippen LogP contribution in [0.1, 0.15) is 58.2 Å². The van der Waals surface area contributed by atoms with Gasteiger partial charge in [-0.05, 0) is 129 Å². The monoisotopic (exact) mass is 836 g/mol. The molecule has 5 heteroatoms. The Morgan fingerprint density at radius 1 is 0.433 bits per heavy atom. The lowest BCUT2D eigenvalue weighted by Gasteiger charge is -2.32. The summed E-state index contributed by atoms with van der Waals surface area (Å²) in [4.78, 5) is 4.66. The Morgan fingerprint density at radius 3 is 1.25 bits per heavy atom. The maximum atomic E-state index is 7.93. The fraction of sp³-hybridized carbons (Fsp3) is 0.164. The average molecular weight is 838 g/mol. The zero-order valence-electron chi connectivity index (χ0n) is 35.3. The van der Waals surface area contributed by atoms with Crippen LogP contribution in [0.5, 0.6) is 0 Å². The topological polar surface area (TPSA) is 6.48 Å². The fourth-order valence-corrected chi connectivity index (χ4v) is 10.4. The summed E-state index contributed by atoms with van der Waals surface area (Å²) >= 11 is 11.5. The van der Waals surface area contributed by atoms with Gasteiger partial charge in [0.25, 0.3) is 0 Å². The van der Waals surface area contributed by atoms with Crippen LogP contribution in [0, 0.1) is 6.92 Å². The van der Waals surface area contributed by atoms with Gasteiger partial charge in [0, 0.05) is 54.0 Å². The van der Waals surface area contributed by atoms with Crippen molar-refractivity contribution >= 4 is 88.6 Å². The van der Waals surface area contributed by atoms with Gasteiger partial charge in [0.1, 0.15) is 0 Å². The number of anilines is 6. The van der Waals surface area contributed by atoms with Crippen LogP contribution in [0.3, 0.4) is 0 Å². The van der Waals surface area contributed by atoms with Crippen LogP contribution < -0.4 is 9.80 Å². The number of hydrogen-bond acceptors (Lipinski definition) is 4. The third-order valence-electron chi connectivity index (χ3n) is 11.4. The van der Waals surface area contributed by atoms with Crippen molar-refractivity contribution in [2.75, 3.05) is 9.80 Å². The van der Waals surface area contributed by atoms with Crippen LogP contribution in [0.25, 0.3) is 42.4 Å². The Kier molecular flexibility index (Phi) is 10.4. The molecule has 0 spiro atoms. The molecule has 0 unspecified atom stereocenters. The highest BCUT2D eigenvalue weighted by Crippen LogP contribution is 2.49. The van der Waals surface area contributed by atoms with Crippen molar-refractivity contribution in [1.82, 2.24) is 0 Å². The van der Waals surface area contributed by atoms with Gasteiger partial charge in [-0.3, -0.25) is 0 Å². The predicted molar refractivity (Wildman–Crippen MR) is 265 cm³/mol. The minimum absolute atomic E-state index is 0.0278. The maximum Gasteiger partial charge on any atom is 0.0887 e. The molecule has 2 aromatic heterocycles. The van der Waals surface area contributed by atoms with Crippen LogP contribution in [0.15, 0.2) is 168 Å². The molecule has 7 aromatic carbocycles. The minimum atomic E-state index is 0.0278. The molecule has 2 heterocycles. The number of halogens is 1. The fourth-order valence-electron chi connectivity index (χ4n) is 8.16. The van der Waals surface area contributed by atoms with Gasteiger partial charge in [-0.15, -0.1) is 22.7 Å². The molecule has 0 aliphatic carbocycles. The van der Waals surface area contributed by atoms with Crippen LogP contribution >= 0.6 is 34.3 Å². The quantitative estimate of drug-likeness (QED) is 0.150. The van der Waals surface area contributed by atoms with Crippen LogP contribution in [-0.4, -0.2) is 0 Å². The van der Waals surface area contributed by atoms with E-state index in [1.54, 1.807) is 22.7 Å². The summed E-state index contributed by atoms with van der Waals surface area (Å²) in [5.74, 6) is 0. The summed E-state index contributed by atoms with van der Waals surface area (Å²) < 4.78 is 2.56. The maximum absolute atomic E-state index is 7.93. The summed E-state index contributed by atoms with van der Waals surface area (Å²) in [5.41, 5.74) is 14.5. The molecule has 9 rings (SSSR count). The van der Waals surface area contributed by atoms with E-state index >= 15 is 0 Å². The van der Waals surface area contributed by atoms with E-state index in [-0.39, 0.29) is 10.8 Å². The third kappa shape index (κ3) is 7.65. The number of thiophene rings is 2. The van der Waals surface area contributed by atoms with Gasteiger partial charge in [0.05, 0.1) is 16.4 Å². The molecule has 0 saturated carbocycles.